The first-order chi connectivity index (χ1) is 15.3. The quantitative estimate of drug-likeness (QED) is 0.293. The third-order valence-electron chi connectivity index (χ3n) is 5.85. The van der Waals surface area contributed by atoms with E-state index in [1.165, 1.54) is 24.3 Å². The lowest BCUT2D eigenvalue weighted by Gasteiger charge is -2.30. The molecule has 3 amide bonds. The monoisotopic (exact) mass is 453 g/mol. The molecule has 0 N–H and O–H groups in total. The molecule has 4 rings (SSSR count). The maximum Gasteiger partial charge on any atom is 0.273 e. The number of amides is 3. The summed E-state index contributed by atoms with van der Waals surface area (Å²) >= 11 is 5.96. The molecule has 2 aromatic carbocycles. The van der Waals surface area contributed by atoms with Crippen LogP contribution in [0.5, 0.6) is 0 Å². The normalized spacial score (nSPS) is 20.1. The second kappa shape index (κ2) is 8.55. The molecule has 8 nitrogen and oxygen atoms in total. The number of hydrazine groups is 1. The van der Waals surface area contributed by atoms with Crippen molar-refractivity contribution in [3.63, 3.8) is 0 Å². The fourth-order valence-corrected chi connectivity index (χ4v) is 4.25. The van der Waals surface area contributed by atoms with E-state index >= 15 is 0 Å². The Morgan fingerprint density at radius 2 is 1.72 bits per heavy atom. The lowest BCUT2D eigenvalue weighted by atomic mass is 9.82. The zero-order chi connectivity index (χ0) is 23.0. The Morgan fingerprint density at radius 3 is 2.34 bits per heavy atom. The molecule has 0 radical (unpaired) electrons. The first-order valence-corrected chi connectivity index (χ1v) is 10.5. The van der Waals surface area contributed by atoms with Crippen molar-refractivity contribution in [1.82, 2.24) is 10.0 Å². The third-order valence-corrected chi connectivity index (χ3v) is 6.10. The summed E-state index contributed by atoms with van der Waals surface area (Å²) in [7, 11) is 0. The average molecular weight is 454 g/mol. The Bertz CT molecular complexity index is 1130. The van der Waals surface area contributed by atoms with Crippen LogP contribution >= 0.6 is 11.6 Å². The number of nitro benzene ring substituents is 1. The Labute approximate surface area is 189 Å². The SMILES string of the molecule is CC1=CC[C@@H]2C(=O)N(N(Cc3ccc(Cl)cc3)C(=O)c3ccc([N+](=O)[O-])cc3)C(=O)[C@H]2C1. The van der Waals surface area contributed by atoms with Gasteiger partial charge in [-0.05, 0) is 49.6 Å². The Kier molecular flexibility index (Phi) is 5.80. The molecule has 164 valence electrons. The molecule has 0 spiro atoms. The smallest absolute Gasteiger partial charge is 0.272 e. The molecule has 1 aliphatic carbocycles. The molecule has 1 fully saturated rings. The maximum atomic E-state index is 13.4. The minimum atomic E-state index is -0.597. The Balaban J connectivity index is 1.70. The van der Waals surface area contributed by atoms with Crippen molar-refractivity contribution in [2.75, 3.05) is 0 Å². The van der Waals surface area contributed by atoms with Crippen LogP contribution in [0, 0.1) is 22.0 Å². The molecular weight excluding hydrogens is 434 g/mol. The van der Waals surface area contributed by atoms with E-state index in [9.17, 15) is 24.5 Å². The number of halogens is 1. The minimum Gasteiger partial charge on any atom is -0.272 e. The Hall–Kier alpha value is -3.52. The number of imide groups is 1. The van der Waals surface area contributed by atoms with Crippen LogP contribution in [0.15, 0.2) is 60.2 Å². The molecule has 9 heteroatoms. The van der Waals surface area contributed by atoms with Crippen molar-refractivity contribution in [3.8, 4) is 0 Å². The number of rotatable bonds is 5. The van der Waals surface area contributed by atoms with Crippen LogP contribution in [-0.4, -0.2) is 32.7 Å². The van der Waals surface area contributed by atoms with Gasteiger partial charge in [-0.3, -0.25) is 24.5 Å². The number of fused-ring (bicyclic) bond motifs is 1. The van der Waals surface area contributed by atoms with E-state index in [0.29, 0.717) is 23.4 Å². The number of non-ortho nitro benzene ring substituents is 1. The summed E-state index contributed by atoms with van der Waals surface area (Å²) in [6, 6.07) is 11.8. The van der Waals surface area contributed by atoms with E-state index in [2.05, 4.69) is 0 Å². The average Bonchev–Trinajstić information content (AvgIpc) is 3.02. The summed E-state index contributed by atoms with van der Waals surface area (Å²) in [5.74, 6) is -2.40. The van der Waals surface area contributed by atoms with Crippen LogP contribution in [0.3, 0.4) is 0 Å². The zero-order valence-electron chi connectivity index (χ0n) is 17.2. The number of carbonyl (C=O) groups excluding carboxylic acids is 3. The summed E-state index contributed by atoms with van der Waals surface area (Å²) in [6.45, 7) is 1.89. The van der Waals surface area contributed by atoms with Gasteiger partial charge in [0.15, 0.2) is 0 Å². The molecule has 1 heterocycles. The predicted octanol–water partition coefficient (Wildman–Crippen LogP) is 4.15. The van der Waals surface area contributed by atoms with Gasteiger partial charge in [-0.15, -0.1) is 0 Å². The molecule has 1 aliphatic heterocycles. The largest absolute Gasteiger partial charge is 0.273 e. The summed E-state index contributed by atoms with van der Waals surface area (Å²) in [5.41, 5.74) is 1.69. The molecule has 0 unspecified atom stereocenters. The van der Waals surface area contributed by atoms with Gasteiger partial charge in [0.05, 0.1) is 23.3 Å². The standard InChI is InChI=1S/C23H20ClN3O5/c1-14-2-11-19-20(12-14)23(30)26(22(19)29)25(13-15-3-7-17(24)8-4-15)21(28)16-5-9-18(10-6-16)27(31)32/h2-10,19-20H,11-13H2,1H3/t19-,20-/m0/s1. The fourth-order valence-electron chi connectivity index (χ4n) is 4.13. The zero-order valence-corrected chi connectivity index (χ0v) is 18.0. The highest BCUT2D eigenvalue weighted by Gasteiger charge is 2.51. The number of allylic oxidation sites excluding steroid dienone is 2. The van der Waals surface area contributed by atoms with Crippen LogP contribution in [0.25, 0.3) is 0 Å². The molecule has 2 aromatic rings. The lowest BCUT2D eigenvalue weighted by Crippen LogP contribution is -2.49. The molecule has 0 bridgehead atoms. The molecule has 0 saturated carbocycles. The van der Waals surface area contributed by atoms with E-state index in [1.807, 2.05) is 13.0 Å². The van der Waals surface area contributed by atoms with Crippen LogP contribution in [0.4, 0.5) is 5.69 Å². The van der Waals surface area contributed by atoms with Crippen LogP contribution in [0.2, 0.25) is 5.02 Å². The third kappa shape index (κ3) is 4.01. The highest BCUT2D eigenvalue weighted by atomic mass is 35.5. The lowest BCUT2D eigenvalue weighted by molar-refractivity contribution is -0.384. The second-order valence-electron chi connectivity index (χ2n) is 7.98. The fraction of sp³-hybridized carbons (Fsp3) is 0.261. The molecule has 2 aliphatic rings. The highest BCUT2D eigenvalue weighted by molar-refractivity contribution is 6.30. The van der Waals surface area contributed by atoms with E-state index in [4.69, 9.17) is 11.6 Å². The number of hydrogen-bond acceptors (Lipinski definition) is 5. The topological polar surface area (TPSA) is 101 Å². The number of hydrogen-bond donors (Lipinski definition) is 0. The highest BCUT2D eigenvalue weighted by Crippen LogP contribution is 2.39. The van der Waals surface area contributed by atoms with Gasteiger partial charge in [0.1, 0.15) is 0 Å². The maximum absolute atomic E-state index is 13.4. The van der Waals surface area contributed by atoms with Crippen LogP contribution < -0.4 is 0 Å². The van der Waals surface area contributed by atoms with Crippen molar-refractivity contribution in [2.45, 2.75) is 26.3 Å². The number of nitro groups is 1. The summed E-state index contributed by atoms with van der Waals surface area (Å²) in [6.07, 6.45) is 2.89. The second-order valence-corrected chi connectivity index (χ2v) is 8.42. The first-order valence-electron chi connectivity index (χ1n) is 10.1. The van der Waals surface area contributed by atoms with E-state index in [-0.39, 0.29) is 17.8 Å². The van der Waals surface area contributed by atoms with Gasteiger partial charge in [0, 0.05) is 22.7 Å². The van der Waals surface area contributed by atoms with E-state index in [0.717, 1.165) is 15.6 Å². The summed E-state index contributed by atoms with van der Waals surface area (Å²) in [5, 5.41) is 13.6. The van der Waals surface area contributed by atoms with Gasteiger partial charge < -0.3 is 0 Å². The predicted molar refractivity (Wildman–Crippen MR) is 116 cm³/mol. The van der Waals surface area contributed by atoms with Gasteiger partial charge in [-0.25, -0.2) is 5.01 Å². The number of carbonyl (C=O) groups is 3. The minimum absolute atomic E-state index is 0.0314. The summed E-state index contributed by atoms with van der Waals surface area (Å²) in [4.78, 5) is 50.2. The van der Waals surface area contributed by atoms with Crippen LogP contribution in [0.1, 0.15) is 35.7 Å². The van der Waals surface area contributed by atoms with Crippen molar-refractivity contribution in [2.24, 2.45) is 11.8 Å². The van der Waals surface area contributed by atoms with Gasteiger partial charge in [0.2, 0.25) is 0 Å². The molecule has 0 aromatic heterocycles. The molecular formula is C23H20ClN3O5. The Morgan fingerprint density at radius 1 is 1.09 bits per heavy atom. The van der Waals surface area contributed by atoms with Crippen molar-refractivity contribution < 1.29 is 19.3 Å². The molecule has 1 saturated heterocycles. The van der Waals surface area contributed by atoms with Crippen molar-refractivity contribution in [1.29, 1.82) is 0 Å². The van der Waals surface area contributed by atoms with Gasteiger partial charge in [-0.2, -0.15) is 5.01 Å². The van der Waals surface area contributed by atoms with Gasteiger partial charge in [0.25, 0.3) is 23.4 Å². The van der Waals surface area contributed by atoms with Crippen molar-refractivity contribution >= 4 is 35.0 Å². The van der Waals surface area contributed by atoms with E-state index < -0.39 is 34.5 Å². The number of benzene rings is 2. The van der Waals surface area contributed by atoms with Crippen LogP contribution in [-0.2, 0) is 16.1 Å². The summed E-state index contributed by atoms with van der Waals surface area (Å²) < 4.78 is 0. The van der Waals surface area contributed by atoms with E-state index in [1.54, 1.807) is 24.3 Å². The van der Waals surface area contributed by atoms with Crippen molar-refractivity contribution in [3.05, 3.63) is 86.4 Å². The van der Waals surface area contributed by atoms with Gasteiger partial charge in [-0.1, -0.05) is 35.4 Å². The molecule has 2 atom stereocenters. The number of nitrogens with zero attached hydrogens (tertiary/aromatic N) is 3. The van der Waals surface area contributed by atoms with Gasteiger partial charge >= 0.3 is 0 Å². The first kappa shape index (κ1) is 21.7. The molecule has 32 heavy (non-hydrogen) atoms.